The summed E-state index contributed by atoms with van der Waals surface area (Å²) in [4.78, 5) is 11.3. The predicted molar refractivity (Wildman–Crippen MR) is 60.0 cm³/mol. The van der Waals surface area contributed by atoms with Gasteiger partial charge in [0.25, 0.3) is 0 Å². The average molecular weight is 208 g/mol. The molecule has 2 amide bonds. The molecule has 1 rings (SSSR count). The van der Waals surface area contributed by atoms with Crippen molar-refractivity contribution in [2.24, 2.45) is 0 Å². The third kappa shape index (κ3) is 4.35. The van der Waals surface area contributed by atoms with Gasteiger partial charge in [-0.25, -0.2) is 4.79 Å². The summed E-state index contributed by atoms with van der Waals surface area (Å²) >= 11 is 0. The van der Waals surface area contributed by atoms with Crippen molar-refractivity contribution in [3.63, 3.8) is 0 Å². The van der Waals surface area contributed by atoms with Crippen molar-refractivity contribution in [1.29, 1.82) is 0 Å². The van der Waals surface area contributed by atoms with Gasteiger partial charge in [0.05, 0.1) is 0 Å². The van der Waals surface area contributed by atoms with Gasteiger partial charge in [0.2, 0.25) is 0 Å². The molecule has 1 aromatic rings. The van der Waals surface area contributed by atoms with E-state index in [-0.39, 0.29) is 11.8 Å². The number of rotatable bonds is 4. The molecule has 1 aromatic carbocycles. The van der Waals surface area contributed by atoms with Gasteiger partial charge in [0.15, 0.2) is 0 Å². The van der Waals surface area contributed by atoms with Gasteiger partial charge in [-0.05, 0) is 30.7 Å². The van der Waals surface area contributed by atoms with E-state index in [4.69, 9.17) is 5.11 Å². The monoisotopic (exact) mass is 208 g/mol. The minimum absolute atomic E-state index is 0.187. The SMILES string of the molecule is CCCCNC(=O)Nc1ccc(O)cc1. The van der Waals surface area contributed by atoms with Crippen molar-refractivity contribution in [3.8, 4) is 5.75 Å². The molecule has 0 aromatic heterocycles. The van der Waals surface area contributed by atoms with Crippen LogP contribution in [0.2, 0.25) is 0 Å². The molecule has 4 nitrogen and oxygen atoms in total. The van der Waals surface area contributed by atoms with E-state index in [0.29, 0.717) is 12.2 Å². The summed E-state index contributed by atoms with van der Waals surface area (Å²) in [5, 5.41) is 14.4. The molecule has 0 saturated heterocycles. The minimum atomic E-state index is -0.214. The molecule has 0 aliphatic rings. The third-order valence-electron chi connectivity index (χ3n) is 1.94. The number of carbonyl (C=O) groups excluding carboxylic acids is 1. The van der Waals surface area contributed by atoms with Crippen molar-refractivity contribution in [1.82, 2.24) is 5.32 Å². The standard InChI is InChI=1S/C11H16N2O2/c1-2-3-8-12-11(15)13-9-4-6-10(14)7-5-9/h4-7,14H,2-3,8H2,1H3,(H2,12,13,15). The summed E-state index contributed by atoms with van der Waals surface area (Å²) in [5.41, 5.74) is 0.668. The lowest BCUT2D eigenvalue weighted by atomic mass is 10.3. The number of carbonyl (C=O) groups is 1. The number of hydrogen-bond acceptors (Lipinski definition) is 2. The van der Waals surface area contributed by atoms with E-state index in [1.54, 1.807) is 12.1 Å². The predicted octanol–water partition coefficient (Wildman–Crippen LogP) is 2.31. The first kappa shape index (κ1) is 11.4. The van der Waals surface area contributed by atoms with Crippen LogP contribution in [0.5, 0.6) is 5.75 Å². The quantitative estimate of drug-likeness (QED) is 0.525. The molecule has 0 aliphatic carbocycles. The first-order valence-corrected chi connectivity index (χ1v) is 5.06. The van der Waals surface area contributed by atoms with Crippen molar-refractivity contribution < 1.29 is 9.90 Å². The van der Waals surface area contributed by atoms with E-state index in [1.807, 2.05) is 0 Å². The highest BCUT2D eigenvalue weighted by atomic mass is 16.3. The average Bonchev–Trinajstić information content (AvgIpc) is 2.22. The van der Waals surface area contributed by atoms with Gasteiger partial charge in [-0.15, -0.1) is 0 Å². The molecule has 0 atom stereocenters. The number of nitrogens with one attached hydrogen (secondary N) is 2. The van der Waals surface area contributed by atoms with Crippen LogP contribution in [0, 0.1) is 0 Å². The van der Waals surface area contributed by atoms with Crippen LogP contribution in [0.15, 0.2) is 24.3 Å². The van der Waals surface area contributed by atoms with Crippen LogP contribution in [0.1, 0.15) is 19.8 Å². The van der Waals surface area contributed by atoms with Crippen LogP contribution in [0.25, 0.3) is 0 Å². The Morgan fingerprint density at radius 2 is 2.00 bits per heavy atom. The van der Waals surface area contributed by atoms with Gasteiger partial charge in [-0.2, -0.15) is 0 Å². The zero-order chi connectivity index (χ0) is 11.1. The third-order valence-corrected chi connectivity index (χ3v) is 1.94. The Morgan fingerprint density at radius 3 is 2.60 bits per heavy atom. The summed E-state index contributed by atoms with van der Waals surface area (Å²) in [6.45, 7) is 2.75. The molecular formula is C11H16N2O2. The molecule has 0 aliphatic heterocycles. The molecule has 0 unspecified atom stereocenters. The molecule has 15 heavy (non-hydrogen) atoms. The maximum Gasteiger partial charge on any atom is 0.319 e. The van der Waals surface area contributed by atoms with Gasteiger partial charge in [-0.3, -0.25) is 0 Å². The minimum Gasteiger partial charge on any atom is -0.508 e. The lowest BCUT2D eigenvalue weighted by Crippen LogP contribution is -2.29. The van der Waals surface area contributed by atoms with Gasteiger partial charge >= 0.3 is 6.03 Å². The summed E-state index contributed by atoms with van der Waals surface area (Å²) in [6, 6.07) is 6.14. The van der Waals surface area contributed by atoms with E-state index in [1.165, 1.54) is 12.1 Å². The number of anilines is 1. The molecule has 0 fully saturated rings. The fourth-order valence-electron chi connectivity index (χ4n) is 1.10. The summed E-state index contributed by atoms with van der Waals surface area (Å²) < 4.78 is 0. The first-order valence-electron chi connectivity index (χ1n) is 5.06. The maximum absolute atomic E-state index is 11.3. The van der Waals surface area contributed by atoms with E-state index in [2.05, 4.69) is 17.6 Å². The number of phenols is 1. The highest BCUT2D eigenvalue weighted by Gasteiger charge is 1.99. The Bertz CT molecular complexity index is 309. The highest BCUT2D eigenvalue weighted by molar-refractivity contribution is 5.89. The maximum atomic E-state index is 11.3. The largest absolute Gasteiger partial charge is 0.508 e. The second-order valence-electron chi connectivity index (χ2n) is 3.28. The second kappa shape index (κ2) is 5.90. The fourth-order valence-corrected chi connectivity index (χ4v) is 1.10. The fraction of sp³-hybridized carbons (Fsp3) is 0.364. The Kier molecular flexibility index (Phi) is 4.47. The van der Waals surface area contributed by atoms with Crippen LogP contribution in [-0.2, 0) is 0 Å². The van der Waals surface area contributed by atoms with Crippen LogP contribution in [0.3, 0.4) is 0 Å². The van der Waals surface area contributed by atoms with Crippen LogP contribution >= 0.6 is 0 Å². The van der Waals surface area contributed by atoms with E-state index in [9.17, 15) is 4.79 Å². The second-order valence-corrected chi connectivity index (χ2v) is 3.28. The Hall–Kier alpha value is -1.71. The first-order chi connectivity index (χ1) is 7.22. The van der Waals surface area contributed by atoms with E-state index < -0.39 is 0 Å². The molecule has 0 saturated carbocycles. The van der Waals surface area contributed by atoms with Crippen molar-refractivity contribution >= 4 is 11.7 Å². The lowest BCUT2D eigenvalue weighted by molar-refractivity contribution is 0.252. The Morgan fingerprint density at radius 1 is 1.33 bits per heavy atom. The zero-order valence-corrected chi connectivity index (χ0v) is 8.79. The molecule has 82 valence electrons. The van der Waals surface area contributed by atoms with E-state index in [0.717, 1.165) is 12.8 Å². The molecule has 0 heterocycles. The molecule has 0 radical (unpaired) electrons. The molecular weight excluding hydrogens is 192 g/mol. The highest BCUT2D eigenvalue weighted by Crippen LogP contribution is 2.13. The lowest BCUT2D eigenvalue weighted by Gasteiger charge is -2.06. The molecule has 0 spiro atoms. The smallest absolute Gasteiger partial charge is 0.319 e. The number of hydrogen-bond donors (Lipinski definition) is 3. The summed E-state index contributed by atoms with van der Waals surface area (Å²) in [5.74, 6) is 0.187. The van der Waals surface area contributed by atoms with E-state index >= 15 is 0 Å². The number of benzene rings is 1. The Labute approximate surface area is 89.3 Å². The summed E-state index contributed by atoms with van der Waals surface area (Å²) in [6.07, 6.45) is 2.03. The van der Waals surface area contributed by atoms with Gasteiger partial charge in [0, 0.05) is 12.2 Å². The van der Waals surface area contributed by atoms with Crippen molar-refractivity contribution in [2.75, 3.05) is 11.9 Å². The zero-order valence-electron chi connectivity index (χ0n) is 8.79. The molecule has 4 heteroatoms. The van der Waals surface area contributed by atoms with Crippen LogP contribution < -0.4 is 10.6 Å². The van der Waals surface area contributed by atoms with Crippen molar-refractivity contribution in [3.05, 3.63) is 24.3 Å². The van der Waals surface area contributed by atoms with Crippen molar-refractivity contribution in [2.45, 2.75) is 19.8 Å². The normalized spacial score (nSPS) is 9.67. The topological polar surface area (TPSA) is 61.4 Å². The number of unbranched alkanes of at least 4 members (excludes halogenated alkanes) is 1. The van der Waals surface area contributed by atoms with Crippen LogP contribution in [0.4, 0.5) is 10.5 Å². The number of aromatic hydroxyl groups is 1. The van der Waals surface area contributed by atoms with Gasteiger partial charge in [-0.1, -0.05) is 13.3 Å². The Balaban J connectivity index is 2.34. The molecule has 3 N–H and O–H groups in total. The number of amides is 2. The molecule has 0 bridgehead atoms. The number of urea groups is 1. The summed E-state index contributed by atoms with van der Waals surface area (Å²) in [7, 11) is 0. The number of phenolic OH excluding ortho intramolecular Hbond substituents is 1. The van der Waals surface area contributed by atoms with Gasteiger partial charge in [0.1, 0.15) is 5.75 Å². The van der Waals surface area contributed by atoms with Crippen LogP contribution in [-0.4, -0.2) is 17.7 Å². The van der Waals surface area contributed by atoms with Gasteiger partial charge < -0.3 is 15.7 Å².